The Morgan fingerprint density at radius 2 is 1.92 bits per heavy atom. The van der Waals surface area contributed by atoms with Gasteiger partial charge in [-0.15, -0.1) is 0 Å². The van der Waals surface area contributed by atoms with Crippen molar-refractivity contribution >= 4 is 23.9 Å². The van der Waals surface area contributed by atoms with Crippen molar-refractivity contribution in [3.8, 4) is 0 Å². The minimum Gasteiger partial charge on any atom is -0.335 e. The highest BCUT2D eigenvalue weighted by atomic mass is 16.2. The van der Waals surface area contributed by atoms with Crippen molar-refractivity contribution in [2.75, 3.05) is 6.54 Å². The molecule has 2 fully saturated rings. The van der Waals surface area contributed by atoms with Gasteiger partial charge in [0.05, 0.1) is 0 Å². The van der Waals surface area contributed by atoms with E-state index in [9.17, 15) is 19.2 Å². The van der Waals surface area contributed by atoms with Crippen molar-refractivity contribution in [1.29, 1.82) is 0 Å². The molecular weight excluding hydrogens is 324 g/mol. The number of hydrogen-bond acceptors (Lipinski definition) is 4. The number of rotatable bonds is 5. The predicted octanol–water partition coefficient (Wildman–Crippen LogP) is 1.50. The molecule has 1 aliphatic heterocycles. The molecule has 1 saturated carbocycles. The average Bonchev–Trinajstić information content (AvgIpc) is 2.79. The third-order valence-corrected chi connectivity index (χ3v) is 5.27. The van der Waals surface area contributed by atoms with Crippen LogP contribution < -0.4 is 16.0 Å². The fourth-order valence-electron chi connectivity index (χ4n) is 3.49. The fraction of sp³-hybridized carbons (Fsp3) is 0.765. The Labute approximate surface area is 148 Å². The van der Waals surface area contributed by atoms with Crippen molar-refractivity contribution in [1.82, 2.24) is 20.9 Å². The lowest BCUT2D eigenvalue weighted by molar-refractivity contribution is -0.136. The minimum atomic E-state index is -0.962. The van der Waals surface area contributed by atoms with E-state index in [0.29, 0.717) is 0 Å². The molecule has 2 aliphatic rings. The zero-order chi connectivity index (χ0) is 18.6. The molecule has 0 radical (unpaired) electrons. The first kappa shape index (κ1) is 19.2. The molecule has 1 heterocycles. The topological polar surface area (TPSA) is 108 Å². The van der Waals surface area contributed by atoms with E-state index in [1.54, 1.807) is 6.92 Å². The van der Waals surface area contributed by atoms with Crippen LogP contribution in [0.25, 0.3) is 0 Å². The van der Waals surface area contributed by atoms with Crippen molar-refractivity contribution in [2.24, 2.45) is 5.92 Å². The zero-order valence-electron chi connectivity index (χ0n) is 15.2. The number of nitrogens with one attached hydrogen (secondary N) is 3. The summed E-state index contributed by atoms with van der Waals surface area (Å²) in [4.78, 5) is 49.5. The summed E-state index contributed by atoms with van der Waals surface area (Å²) in [5, 5.41) is 7.51. The Morgan fingerprint density at radius 3 is 2.52 bits per heavy atom. The molecule has 1 aliphatic carbocycles. The summed E-state index contributed by atoms with van der Waals surface area (Å²) in [6, 6.07) is -1.27. The van der Waals surface area contributed by atoms with E-state index in [0.717, 1.165) is 43.4 Å². The summed E-state index contributed by atoms with van der Waals surface area (Å²) in [6.45, 7) is 5.00. The van der Waals surface area contributed by atoms with Crippen molar-refractivity contribution in [2.45, 2.75) is 70.9 Å². The van der Waals surface area contributed by atoms with Crippen LogP contribution in [0.4, 0.5) is 9.59 Å². The lowest BCUT2D eigenvalue weighted by Gasteiger charge is -2.34. The van der Waals surface area contributed by atoms with Gasteiger partial charge in [-0.1, -0.05) is 26.2 Å². The Kier molecular flexibility index (Phi) is 6.02. The maximum Gasteiger partial charge on any atom is 0.325 e. The van der Waals surface area contributed by atoms with Crippen LogP contribution in [0.1, 0.15) is 59.3 Å². The highest BCUT2D eigenvalue weighted by molar-refractivity contribution is 6.10. The van der Waals surface area contributed by atoms with Crippen LogP contribution >= 0.6 is 0 Å². The van der Waals surface area contributed by atoms with Gasteiger partial charge in [0.2, 0.25) is 5.91 Å². The van der Waals surface area contributed by atoms with Gasteiger partial charge < -0.3 is 10.6 Å². The molecule has 0 aromatic heterocycles. The van der Waals surface area contributed by atoms with Crippen molar-refractivity contribution < 1.29 is 19.2 Å². The molecule has 6 amide bonds. The van der Waals surface area contributed by atoms with Crippen LogP contribution in [0.2, 0.25) is 0 Å². The third kappa shape index (κ3) is 4.29. The van der Waals surface area contributed by atoms with E-state index >= 15 is 0 Å². The number of urea groups is 2. The standard InChI is InChI=1S/C17H28N4O4/c1-4-11(2)18-15(24)19-13(22)10-21-14(23)17(3,20-16(21)25)12-8-6-5-7-9-12/h11-12H,4-10H2,1-3H3,(H,20,25)(H2,18,19,22,24)/t11-,17-/m1/s1. The quantitative estimate of drug-likeness (QED) is 0.652. The molecule has 0 spiro atoms. The van der Waals surface area contributed by atoms with E-state index in [2.05, 4.69) is 16.0 Å². The predicted molar refractivity (Wildman–Crippen MR) is 91.7 cm³/mol. The van der Waals surface area contributed by atoms with E-state index in [-0.39, 0.29) is 17.9 Å². The average molecular weight is 352 g/mol. The van der Waals surface area contributed by atoms with Gasteiger partial charge in [-0.3, -0.25) is 19.8 Å². The molecule has 2 atom stereocenters. The van der Waals surface area contributed by atoms with E-state index < -0.39 is 30.1 Å². The van der Waals surface area contributed by atoms with Gasteiger partial charge in [0.1, 0.15) is 12.1 Å². The SMILES string of the molecule is CC[C@@H](C)NC(=O)NC(=O)CN1C(=O)N[C@](C)(C2CCCCC2)C1=O. The summed E-state index contributed by atoms with van der Waals surface area (Å²) in [6.07, 6.45) is 5.74. The van der Waals surface area contributed by atoms with Crippen LogP contribution in [0, 0.1) is 5.92 Å². The molecular formula is C17H28N4O4. The van der Waals surface area contributed by atoms with Gasteiger partial charge in [-0.2, -0.15) is 0 Å². The molecule has 8 heteroatoms. The van der Waals surface area contributed by atoms with E-state index in [1.165, 1.54) is 0 Å². The van der Waals surface area contributed by atoms with Gasteiger partial charge in [0, 0.05) is 6.04 Å². The maximum atomic E-state index is 12.7. The first-order chi connectivity index (χ1) is 11.8. The molecule has 0 unspecified atom stereocenters. The molecule has 140 valence electrons. The summed E-state index contributed by atoms with van der Waals surface area (Å²) >= 11 is 0. The molecule has 1 saturated heterocycles. The molecule has 8 nitrogen and oxygen atoms in total. The highest BCUT2D eigenvalue weighted by Crippen LogP contribution is 2.36. The second-order valence-corrected chi connectivity index (χ2v) is 7.19. The number of imide groups is 2. The number of nitrogens with zero attached hydrogens (tertiary/aromatic N) is 1. The second kappa shape index (κ2) is 7.84. The smallest absolute Gasteiger partial charge is 0.325 e. The van der Waals surface area contributed by atoms with Crippen molar-refractivity contribution in [3.05, 3.63) is 0 Å². The first-order valence-corrected chi connectivity index (χ1v) is 9.02. The third-order valence-electron chi connectivity index (χ3n) is 5.27. The van der Waals surface area contributed by atoms with E-state index in [1.807, 2.05) is 13.8 Å². The number of amides is 6. The number of carbonyl (C=O) groups is 4. The Balaban J connectivity index is 1.95. The molecule has 3 N–H and O–H groups in total. The van der Waals surface area contributed by atoms with Crippen LogP contribution in [0.5, 0.6) is 0 Å². The highest BCUT2D eigenvalue weighted by Gasteiger charge is 2.52. The molecule has 0 bridgehead atoms. The van der Waals surface area contributed by atoms with Crippen LogP contribution in [0.3, 0.4) is 0 Å². The summed E-state index contributed by atoms with van der Waals surface area (Å²) < 4.78 is 0. The fourth-order valence-corrected chi connectivity index (χ4v) is 3.49. The molecule has 25 heavy (non-hydrogen) atoms. The van der Waals surface area contributed by atoms with Crippen LogP contribution in [-0.2, 0) is 9.59 Å². The van der Waals surface area contributed by atoms with Gasteiger partial charge >= 0.3 is 12.1 Å². The Hall–Kier alpha value is -2.12. The monoisotopic (exact) mass is 352 g/mol. The van der Waals surface area contributed by atoms with Gasteiger partial charge in [-0.05, 0) is 39.0 Å². The first-order valence-electron chi connectivity index (χ1n) is 9.02. The second-order valence-electron chi connectivity index (χ2n) is 7.19. The van der Waals surface area contributed by atoms with Gasteiger partial charge in [0.15, 0.2) is 0 Å². The van der Waals surface area contributed by atoms with E-state index in [4.69, 9.17) is 0 Å². The maximum absolute atomic E-state index is 12.7. The van der Waals surface area contributed by atoms with Gasteiger partial charge in [0.25, 0.3) is 5.91 Å². The lowest BCUT2D eigenvalue weighted by Crippen LogP contribution is -2.52. The molecule has 0 aromatic rings. The number of hydrogen-bond donors (Lipinski definition) is 3. The largest absolute Gasteiger partial charge is 0.335 e. The summed E-state index contributed by atoms with van der Waals surface area (Å²) in [5.74, 6) is -0.987. The van der Waals surface area contributed by atoms with Gasteiger partial charge in [-0.25, -0.2) is 9.59 Å². The summed E-state index contributed by atoms with van der Waals surface area (Å²) in [5.41, 5.74) is -0.962. The normalized spacial score (nSPS) is 25.5. The van der Waals surface area contributed by atoms with Crippen molar-refractivity contribution in [3.63, 3.8) is 0 Å². The lowest BCUT2D eigenvalue weighted by atomic mass is 9.75. The number of carbonyl (C=O) groups excluding carboxylic acids is 4. The van der Waals surface area contributed by atoms with Crippen LogP contribution in [0.15, 0.2) is 0 Å². The van der Waals surface area contributed by atoms with Crippen LogP contribution in [-0.4, -0.2) is 46.9 Å². The summed E-state index contributed by atoms with van der Waals surface area (Å²) in [7, 11) is 0. The Morgan fingerprint density at radius 1 is 1.28 bits per heavy atom. The minimum absolute atomic E-state index is 0.0703. The zero-order valence-corrected chi connectivity index (χ0v) is 15.2. The Bertz CT molecular complexity index is 559. The molecule has 0 aromatic carbocycles. The molecule has 2 rings (SSSR count).